The SMILES string of the molecule is CCOC(=O)C1=C(c2ccccc2)N=c2s/c(=C\c3cc(I)c(OCc4cccc5ccccc45)c(I)c3)c(=O)n2[C@@H]1c1ccccc1. The summed E-state index contributed by atoms with van der Waals surface area (Å²) < 4.78 is 16.0. The van der Waals surface area contributed by atoms with Gasteiger partial charge in [-0.1, -0.05) is 114 Å². The molecule has 0 radical (unpaired) electrons. The topological polar surface area (TPSA) is 69.9 Å². The van der Waals surface area contributed by atoms with Crippen LogP contribution in [0.3, 0.4) is 0 Å². The number of ether oxygens (including phenoxy) is 2. The Morgan fingerprint density at radius 3 is 2.29 bits per heavy atom. The Balaban J connectivity index is 1.31. The minimum atomic E-state index is -0.705. The van der Waals surface area contributed by atoms with Crippen LogP contribution in [0.4, 0.5) is 0 Å². The van der Waals surface area contributed by atoms with Gasteiger partial charge >= 0.3 is 5.97 Å². The van der Waals surface area contributed by atoms with Crippen LogP contribution in [0.1, 0.15) is 35.2 Å². The maximum Gasteiger partial charge on any atom is 0.338 e. The van der Waals surface area contributed by atoms with E-state index in [9.17, 15) is 9.59 Å². The van der Waals surface area contributed by atoms with Crippen LogP contribution in [-0.2, 0) is 16.1 Å². The molecule has 238 valence electrons. The van der Waals surface area contributed by atoms with Gasteiger partial charge in [-0.2, -0.15) is 0 Å². The molecule has 0 fully saturated rings. The quantitative estimate of drug-likeness (QED) is 0.115. The van der Waals surface area contributed by atoms with Crippen LogP contribution in [0, 0.1) is 7.14 Å². The predicted molar refractivity (Wildman–Crippen MR) is 208 cm³/mol. The van der Waals surface area contributed by atoms with Crippen molar-refractivity contribution in [3.05, 3.63) is 170 Å². The van der Waals surface area contributed by atoms with Crippen LogP contribution in [0.2, 0.25) is 0 Å². The van der Waals surface area contributed by atoms with E-state index in [2.05, 4.69) is 75.5 Å². The highest BCUT2D eigenvalue weighted by Crippen LogP contribution is 2.35. The average Bonchev–Trinajstić information content (AvgIpc) is 3.41. The zero-order valence-corrected chi connectivity index (χ0v) is 30.9. The maximum absolute atomic E-state index is 14.3. The van der Waals surface area contributed by atoms with E-state index in [0.717, 1.165) is 35.1 Å². The molecule has 7 rings (SSSR count). The van der Waals surface area contributed by atoms with Gasteiger partial charge in [0, 0.05) is 5.56 Å². The van der Waals surface area contributed by atoms with Gasteiger partial charge < -0.3 is 9.47 Å². The Hall–Kier alpha value is -4.07. The number of hydrogen-bond acceptors (Lipinski definition) is 6. The summed E-state index contributed by atoms with van der Waals surface area (Å²) in [5.74, 6) is 0.310. The Morgan fingerprint density at radius 1 is 0.896 bits per heavy atom. The van der Waals surface area contributed by atoms with E-state index in [1.807, 2.05) is 91.0 Å². The molecule has 1 aliphatic heterocycles. The van der Waals surface area contributed by atoms with Crippen molar-refractivity contribution in [3.8, 4) is 5.75 Å². The number of rotatable bonds is 8. The van der Waals surface area contributed by atoms with Crippen molar-refractivity contribution in [2.75, 3.05) is 6.61 Å². The molecule has 0 N–H and O–H groups in total. The van der Waals surface area contributed by atoms with E-state index in [1.54, 1.807) is 11.5 Å². The molecule has 1 atom stereocenters. The highest BCUT2D eigenvalue weighted by molar-refractivity contribution is 14.1. The summed E-state index contributed by atoms with van der Waals surface area (Å²) in [7, 11) is 0. The van der Waals surface area contributed by atoms with Crippen molar-refractivity contribution >= 4 is 85.0 Å². The van der Waals surface area contributed by atoms with Gasteiger partial charge in [0.2, 0.25) is 0 Å². The number of carbonyl (C=O) groups excluding carboxylic acids is 1. The molecule has 1 aromatic heterocycles. The van der Waals surface area contributed by atoms with E-state index in [4.69, 9.17) is 14.5 Å². The van der Waals surface area contributed by atoms with Crippen molar-refractivity contribution in [2.45, 2.75) is 19.6 Å². The molecule has 0 saturated heterocycles. The molecule has 0 saturated carbocycles. The van der Waals surface area contributed by atoms with Gasteiger partial charge in [0.05, 0.1) is 35.6 Å². The first-order valence-corrected chi connectivity index (χ1v) is 18.3. The van der Waals surface area contributed by atoms with Gasteiger partial charge in [-0.3, -0.25) is 9.36 Å². The largest absolute Gasteiger partial charge is 0.487 e. The second kappa shape index (κ2) is 14.2. The van der Waals surface area contributed by atoms with Crippen molar-refractivity contribution in [1.29, 1.82) is 0 Å². The van der Waals surface area contributed by atoms with Crippen molar-refractivity contribution in [2.24, 2.45) is 4.99 Å². The molecular weight excluding hydrogens is 846 g/mol. The standard InChI is InChI=1S/C39H28I2N2O4S/c1-2-46-38(45)33-34(26-13-5-3-6-14-26)42-39-43(35(33)27-15-7-4-8-16-27)37(44)32(48-39)22-24-20-30(40)36(31(41)21-24)47-23-28-18-11-17-25-12-9-10-19-29(25)28/h3-22,35H,2,23H2,1H3/b32-22-/t35-/m1/s1. The summed E-state index contributed by atoms with van der Waals surface area (Å²) in [6, 6.07) is 37.0. The first kappa shape index (κ1) is 32.5. The first-order chi connectivity index (χ1) is 23.4. The first-order valence-electron chi connectivity index (χ1n) is 15.3. The van der Waals surface area contributed by atoms with Crippen LogP contribution in [-0.4, -0.2) is 17.1 Å². The van der Waals surface area contributed by atoms with Gasteiger partial charge in [-0.15, -0.1) is 0 Å². The van der Waals surface area contributed by atoms with Crippen LogP contribution >= 0.6 is 56.5 Å². The minimum absolute atomic E-state index is 0.204. The number of benzene rings is 5. The molecule has 0 bridgehead atoms. The van der Waals surface area contributed by atoms with Crippen LogP contribution in [0.15, 0.2) is 131 Å². The van der Waals surface area contributed by atoms with Crippen molar-refractivity contribution < 1.29 is 14.3 Å². The third-order valence-corrected chi connectivity index (χ3v) is 10.6. The number of thiazole rings is 1. The fourth-order valence-electron chi connectivity index (χ4n) is 5.91. The third-order valence-electron chi connectivity index (χ3n) is 8.06. The second-order valence-corrected chi connectivity index (χ2v) is 14.4. The Kier molecular flexibility index (Phi) is 9.60. The Bertz CT molecular complexity index is 2360. The lowest BCUT2D eigenvalue weighted by molar-refractivity contribution is -0.138. The predicted octanol–water partition coefficient (Wildman–Crippen LogP) is 7.88. The molecule has 0 spiro atoms. The van der Waals surface area contributed by atoms with Gasteiger partial charge in [0.15, 0.2) is 4.80 Å². The molecule has 0 unspecified atom stereocenters. The molecular formula is C39H28I2N2O4S. The lowest BCUT2D eigenvalue weighted by Gasteiger charge is -2.25. The molecule has 2 heterocycles. The van der Waals surface area contributed by atoms with Gasteiger partial charge in [-0.25, -0.2) is 9.79 Å². The van der Waals surface area contributed by atoms with Gasteiger partial charge in [-0.05, 0) is 97.8 Å². The number of halogens is 2. The lowest BCUT2D eigenvalue weighted by Crippen LogP contribution is -2.40. The van der Waals surface area contributed by atoms with E-state index in [0.29, 0.717) is 27.2 Å². The molecule has 6 nitrogen and oxygen atoms in total. The number of nitrogens with zero attached hydrogens (tertiary/aromatic N) is 2. The van der Waals surface area contributed by atoms with E-state index in [1.165, 1.54) is 22.1 Å². The highest BCUT2D eigenvalue weighted by atomic mass is 127. The third kappa shape index (κ3) is 6.38. The summed E-state index contributed by atoms with van der Waals surface area (Å²) in [4.78, 5) is 33.3. The molecule has 0 aliphatic carbocycles. The zero-order valence-electron chi connectivity index (χ0n) is 25.7. The number of hydrogen-bond donors (Lipinski definition) is 0. The number of aromatic nitrogens is 1. The Morgan fingerprint density at radius 2 is 1.56 bits per heavy atom. The zero-order chi connectivity index (χ0) is 33.2. The average molecular weight is 875 g/mol. The van der Waals surface area contributed by atoms with E-state index < -0.39 is 12.0 Å². The lowest BCUT2D eigenvalue weighted by atomic mass is 9.93. The molecule has 9 heteroatoms. The van der Waals surface area contributed by atoms with E-state index >= 15 is 0 Å². The second-order valence-electron chi connectivity index (χ2n) is 11.1. The summed E-state index contributed by atoms with van der Waals surface area (Å²) in [6.07, 6.45) is 1.89. The van der Waals surface area contributed by atoms with E-state index in [-0.39, 0.29) is 12.2 Å². The number of carbonyl (C=O) groups is 1. The summed E-state index contributed by atoms with van der Waals surface area (Å²) in [5.41, 5.74) is 4.20. The molecule has 5 aromatic carbocycles. The number of fused-ring (bicyclic) bond motifs is 2. The highest BCUT2D eigenvalue weighted by Gasteiger charge is 2.35. The van der Waals surface area contributed by atoms with Crippen LogP contribution in [0.5, 0.6) is 5.75 Å². The van der Waals surface area contributed by atoms with Crippen molar-refractivity contribution in [3.63, 3.8) is 0 Å². The fourth-order valence-corrected chi connectivity index (χ4v) is 9.04. The smallest absolute Gasteiger partial charge is 0.338 e. The molecule has 0 amide bonds. The van der Waals surface area contributed by atoms with Crippen LogP contribution < -0.4 is 19.6 Å². The normalized spacial score (nSPS) is 14.5. The molecule has 48 heavy (non-hydrogen) atoms. The summed E-state index contributed by atoms with van der Waals surface area (Å²) in [6.45, 7) is 2.42. The van der Waals surface area contributed by atoms with Crippen molar-refractivity contribution in [1.82, 2.24) is 4.57 Å². The monoisotopic (exact) mass is 874 g/mol. The summed E-state index contributed by atoms with van der Waals surface area (Å²) in [5, 5.41) is 2.35. The van der Waals surface area contributed by atoms with Crippen LogP contribution in [0.25, 0.3) is 22.5 Å². The Labute approximate surface area is 308 Å². The summed E-state index contributed by atoms with van der Waals surface area (Å²) >= 11 is 5.89. The maximum atomic E-state index is 14.3. The number of esters is 1. The molecule has 6 aromatic rings. The molecule has 1 aliphatic rings. The van der Waals surface area contributed by atoms with Gasteiger partial charge in [0.25, 0.3) is 5.56 Å². The fraction of sp³-hybridized carbons (Fsp3) is 0.103. The minimum Gasteiger partial charge on any atom is -0.487 e. The van der Waals surface area contributed by atoms with Gasteiger partial charge in [0.1, 0.15) is 12.4 Å².